The molecule has 2 aromatic rings. The van der Waals surface area contributed by atoms with Crippen LogP contribution in [-0.4, -0.2) is 17.0 Å². The highest BCUT2D eigenvalue weighted by Crippen LogP contribution is 2.33. The van der Waals surface area contributed by atoms with Gasteiger partial charge >= 0.3 is 6.03 Å². The van der Waals surface area contributed by atoms with Gasteiger partial charge in [0.25, 0.3) is 5.91 Å². The van der Waals surface area contributed by atoms with Gasteiger partial charge < -0.3 is 21.1 Å². The van der Waals surface area contributed by atoms with Crippen LogP contribution in [0.1, 0.15) is 17.2 Å². The molecule has 1 unspecified atom stereocenters. The summed E-state index contributed by atoms with van der Waals surface area (Å²) in [6.07, 6.45) is 1.34. The van der Waals surface area contributed by atoms with Gasteiger partial charge in [-0.1, -0.05) is 18.2 Å². The summed E-state index contributed by atoms with van der Waals surface area (Å²) >= 11 is 2.15. The lowest BCUT2D eigenvalue weighted by molar-refractivity contribution is -0.115. The summed E-state index contributed by atoms with van der Waals surface area (Å²) in [4.78, 5) is 24.3. The van der Waals surface area contributed by atoms with Crippen molar-refractivity contribution in [2.45, 2.75) is 13.0 Å². The molecule has 4 N–H and O–H groups in total. The zero-order valence-corrected chi connectivity index (χ0v) is 15.5. The van der Waals surface area contributed by atoms with Gasteiger partial charge in [-0.15, -0.1) is 0 Å². The molecule has 25 heavy (non-hydrogen) atoms. The number of carbonyl (C=O) groups is 2. The van der Waals surface area contributed by atoms with E-state index >= 15 is 0 Å². The summed E-state index contributed by atoms with van der Waals surface area (Å²) in [6, 6.07) is 11.7. The van der Waals surface area contributed by atoms with E-state index in [2.05, 4.69) is 38.5 Å². The number of nitrogens with one attached hydrogen (secondary N) is 3. The van der Waals surface area contributed by atoms with Crippen molar-refractivity contribution in [3.05, 3.63) is 69.0 Å². The molecule has 1 aliphatic heterocycles. The maximum Gasteiger partial charge on any atom is 0.319 e. The lowest BCUT2D eigenvalue weighted by Crippen LogP contribution is -2.32. The molecule has 0 saturated carbocycles. The molecular weight excluding hydrogens is 433 g/mol. The molecular formula is C18H16IN3O3. The number of urea groups is 1. The Morgan fingerprint density at radius 1 is 1.24 bits per heavy atom. The first-order valence-electron chi connectivity index (χ1n) is 7.59. The number of aliphatic hydroxyl groups excluding tert-OH is 1. The average molecular weight is 449 g/mol. The smallest absolute Gasteiger partial charge is 0.319 e. The van der Waals surface area contributed by atoms with E-state index in [4.69, 9.17) is 0 Å². The van der Waals surface area contributed by atoms with E-state index in [0.29, 0.717) is 11.4 Å². The number of amides is 3. The fourth-order valence-electron chi connectivity index (χ4n) is 2.62. The summed E-state index contributed by atoms with van der Waals surface area (Å²) in [5.41, 5.74) is 2.92. The standard InChI is InChI=1S/C18H16IN3O3/c1-10-7-12(19)16-13(8-10)21-17(24)15(23)9-14(16)22-18(25)20-11-5-3-2-4-6-11/h2-9,14,23H,1H3,(H,21,24)(H2,20,22,25). The number of rotatable bonds is 2. The number of fused-ring (bicyclic) bond motifs is 1. The minimum atomic E-state index is -0.648. The van der Waals surface area contributed by atoms with E-state index in [-0.39, 0.29) is 0 Å². The molecule has 0 aliphatic carbocycles. The lowest BCUT2D eigenvalue weighted by atomic mass is 10.0. The third-order valence-corrected chi connectivity index (χ3v) is 4.60. The quantitative estimate of drug-likeness (QED) is 0.525. The largest absolute Gasteiger partial charge is 0.503 e. The monoisotopic (exact) mass is 449 g/mol. The molecule has 0 saturated heterocycles. The highest BCUT2D eigenvalue weighted by atomic mass is 127. The first kappa shape index (κ1) is 17.3. The van der Waals surface area contributed by atoms with Gasteiger partial charge in [0.1, 0.15) is 0 Å². The Kier molecular flexibility index (Phi) is 4.93. The molecule has 1 heterocycles. The van der Waals surface area contributed by atoms with E-state index in [9.17, 15) is 14.7 Å². The molecule has 0 bridgehead atoms. The Balaban J connectivity index is 1.91. The predicted molar refractivity (Wildman–Crippen MR) is 105 cm³/mol. The van der Waals surface area contributed by atoms with E-state index < -0.39 is 23.7 Å². The molecule has 1 aliphatic rings. The van der Waals surface area contributed by atoms with Gasteiger partial charge in [-0.3, -0.25) is 4.79 Å². The predicted octanol–water partition coefficient (Wildman–Crippen LogP) is 3.86. The average Bonchev–Trinajstić information content (AvgIpc) is 2.65. The van der Waals surface area contributed by atoms with Crippen LogP contribution in [0.2, 0.25) is 0 Å². The number of halogens is 1. The number of hydrogen-bond acceptors (Lipinski definition) is 3. The van der Waals surface area contributed by atoms with E-state index in [1.807, 2.05) is 37.3 Å². The Bertz CT molecular complexity index is 865. The zero-order chi connectivity index (χ0) is 18.0. The van der Waals surface area contributed by atoms with Crippen LogP contribution >= 0.6 is 22.6 Å². The summed E-state index contributed by atoms with van der Waals surface area (Å²) in [5, 5.41) is 18.1. The van der Waals surface area contributed by atoms with Gasteiger partial charge in [-0.25, -0.2) is 4.79 Å². The molecule has 2 aromatic carbocycles. The molecule has 6 nitrogen and oxygen atoms in total. The Hall–Kier alpha value is -2.55. The van der Waals surface area contributed by atoms with Crippen LogP contribution in [0.3, 0.4) is 0 Å². The van der Waals surface area contributed by atoms with Crippen molar-refractivity contribution in [3.63, 3.8) is 0 Å². The van der Waals surface area contributed by atoms with Gasteiger partial charge in [0.05, 0.1) is 6.04 Å². The summed E-state index contributed by atoms with van der Waals surface area (Å²) in [5.74, 6) is -1.04. The van der Waals surface area contributed by atoms with Crippen molar-refractivity contribution < 1.29 is 14.7 Å². The number of benzene rings is 2. The van der Waals surface area contributed by atoms with Crippen LogP contribution in [0.5, 0.6) is 0 Å². The molecule has 128 valence electrons. The molecule has 0 radical (unpaired) electrons. The second kappa shape index (κ2) is 7.14. The van der Waals surface area contributed by atoms with Gasteiger partial charge in [0.2, 0.25) is 0 Å². The van der Waals surface area contributed by atoms with Gasteiger partial charge in [0.15, 0.2) is 5.76 Å². The van der Waals surface area contributed by atoms with Gasteiger partial charge in [-0.2, -0.15) is 0 Å². The highest BCUT2D eigenvalue weighted by Gasteiger charge is 2.26. The third-order valence-electron chi connectivity index (χ3n) is 3.71. The second-order valence-electron chi connectivity index (χ2n) is 5.66. The number of aryl methyl sites for hydroxylation is 1. The van der Waals surface area contributed by atoms with E-state index in [1.165, 1.54) is 6.08 Å². The minimum absolute atomic E-state index is 0.433. The molecule has 3 amide bonds. The van der Waals surface area contributed by atoms with Crippen molar-refractivity contribution in [2.75, 3.05) is 10.6 Å². The summed E-state index contributed by atoms with van der Waals surface area (Å²) < 4.78 is 0.879. The summed E-state index contributed by atoms with van der Waals surface area (Å²) in [6.45, 7) is 1.91. The van der Waals surface area contributed by atoms with E-state index in [0.717, 1.165) is 14.7 Å². The fraction of sp³-hybridized carbons (Fsp3) is 0.111. The fourth-order valence-corrected chi connectivity index (χ4v) is 3.74. The topological polar surface area (TPSA) is 90.5 Å². The number of aliphatic hydroxyl groups is 1. The van der Waals surface area contributed by atoms with Crippen LogP contribution in [0.15, 0.2) is 54.3 Å². The first-order chi connectivity index (χ1) is 11.9. The summed E-state index contributed by atoms with van der Waals surface area (Å²) in [7, 11) is 0. The van der Waals surface area contributed by atoms with Crippen molar-refractivity contribution >= 4 is 45.9 Å². The van der Waals surface area contributed by atoms with Crippen molar-refractivity contribution in [1.82, 2.24) is 5.32 Å². The number of carbonyl (C=O) groups excluding carboxylic acids is 2. The minimum Gasteiger partial charge on any atom is -0.503 e. The van der Waals surface area contributed by atoms with Gasteiger partial charge in [-0.05, 0) is 65.4 Å². The molecule has 0 aromatic heterocycles. The van der Waals surface area contributed by atoms with E-state index in [1.54, 1.807) is 12.1 Å². The molecule has 7 heteroatoms. The number of hydrogen-bond donors (Lipinski definition) is 4. The van der Waals surface area contributed by atoms with Crippen molar-refractivity contribution in [1.29, 1.82) is 0 Å². The Morgan fingerprint density at radius 3 is 2.68 bits per heavy atom. The zero-order valence-electron chi connectivity index (χ0n) is 13.3. The van der Waals surface area contributed by atoms with Crippen LogP contribution in [0.25, 0.3) is 0 Å². The third kappa shape index (κ3) is 3.93. The Labute approximate surface area is 158 Å². The number of anilines is 2. The van der Waals surface area contributed by atoms with Crippen LogP contribution in [0, 0.1) is 10.5 Å². The van der Waals surface area contributed by atoms with Crippen LogP contribution < -0.4 is 16.0 Å². The molecule has 0 spiro atoms. The molecule has 1 atom stereocenters. The normalized spacial score (nSPS) is 16.2. The SMILES string of the molecule is Cc1cc(I)c2c(c1)NC(=O)C(O)=CC2NC(=O)Nc1ccccc1. The number of para-hydroxylation sites is 1. The lowest BCUT2D eigenvalue weighted by Gasteiger charge is -2.19. The maximum absolute atomic E-state index is 12.3. The first-order valence-corrected chi connectivity index (χ1v) is 8.66. The maximum atomic E-state index is 12.3. The van der Waals surface area contributed by atoms with Gasteiger partial charge in [0, 0.05) is 20.5 Å². The Morgan fingerprint density at radius 2 is 1.96 bits per heavy atom. The van der Waals surface area contributed by atoms with Crippen LogP contribution in [0.4, 0.5) is 16.2 Å². The highest BCUT2D eigenvalue weighted by molar-refractivity contribution is 14.1. The molecule has 3 rings (SSSR count). The van der Waals surface area contributed by atoms with Crippen LogP contribution in [-0.2, 0) is 4.79 Å². The second-order valence-corrected chi connectivity index (χ2v) is 6.82. The molecule has 0 fully saturated rings. The van der Waals surface area contributed by atoms with Crippen molar-refractivity contribution in [2.24, 2.45) is 0 Å². The van der Waals surface area contributed by atoms with Crippen molar-refractivity contribution in [3.8, 4) is 0 Å².